The number of aromatic nitrogens is 2. The Morgan fingerprint density at radius 3 is 2.71 bits per heavy atom. The molecule has 1 atom stereocenters. The second-order valence-corrected chi connectivity index (χ2v) is 5.26. The van der Waals surface area contributed by atoms with E-state index in [0.29, 0.717) is 12.0 Å². The van der Waals surface area contributed by atoms with Crippen molar-refractivity contribution in [3.8, 4) is 0 Å². The molecule has 0 aliphatic heterocycles. The molecular weight excluding hydrogens is 210 g/mol. The molecule has 0 fully saturated rings. The van der Waals surface area contributed by atoms with E-state index in [9.17, 15) is 0 Å². The molecule has 0 bridgehead atoms. The Bertz CT molecular complexity index is 374. The average molecular weight is 233 g/mol. The number of nitrogens with zero attached hydrogens (tertiary/aromatic N) is 2. The van der Waals surface area contributed by atoms with Crippen LogP contribution >= 0.6 is 0 Å². The summed E-state index contributed by atoms with van der Waals surface area (Å²) in [5.74, 6) is 1.71. The number of hydrogen-bond acceptors (Lipinski definition) is 3. The van der Waals surface area contributed by atoms with Gasteiger partial charge < -0.3 is 5.32 Å². The number of anilines is 1. The Morgan fingerprint density at radius 2 is 2.00 bits per heavy atom. The first-order chi connectivity index (χ1) is 8.22. The Kier molecular flexibility index (Phi) is 3.97. The van der Waals surface area contributed by atoms with Gasteiger partial charge in [-0.2, -0.15) is 0 Å². The first kappa shape index (κ1) is 12.3. The molecule has 0 radical (unpaired) electrons. The summed E-state index contributed by atoms with van der Waals surface area (Å²) in [6.45, 7) is 6.74. The second-order valence-electron chi connectivity index (χ2n) is 5.26. The van der Waals surface area contributed by atoms with Gasteiger partial charge in [0.05, 0.1) is 0 Å². The molecule has 1 unspecified atom stereocenters. The third kappa shape index (κ3) is 2.76. The first-order valence-electron chi connectivity index (χ1n) is 6.81. The van der Waals surface area contributed by atoms with Crippen LogP contribution in [0.2, 0.25) is 0 Å². The van der Waals surface area contributed by atoms with Gasteiger partial charge in [0.2, 0.25) is 0 Å². The van der Waals surface area contributed by atoms with Crippen LogP contribution in [0.4, 0.5) is 5.82 Å². The highest BCUT2D eigenvalue weighted by molar-refractivity contribution is 5.47. The van der Waals surface area contributed by atoms with Crippen molar-refractivity contribution < 1.29 is 0 Å². The van der Waals surface area contributed by atoms with E-state index in [4.69, 9.17) is 0 Å². The van der Waals surface area contributed by atoms with Crippen LogP contribution in [-0.2, 0) is 12.8 Å². The number of rotatable bonds is 4. The molecule has 0 amide bonds. The van der Waals surface area contributed by atoms with Gasteiger partial charge in [-0.25, -0.2) is 9.97 Å². The fourth-order valence-corrected chi connectivity index (χ4v) is 2.56. The van der Waals surface area contributed by atoms with Crippen LogP contribution in [0.5, 0.6) is 0 Å². The molecular formula is C14H23N3. The smallest absolute Gasteiger partial charge is 0.133 e. The molecule has 3 nitrogen and oxygen atoms in total. The average Bonchev–Trinajstić information content (AvgIpc) is 2.35. The molecule has 2 rings (SSSR count). The maximum atomic E-state index is 4.44. The van der Waals surface area contributed by atoms with Crippen molar-refractivity contribution in [2.75, 3.05) is 5.32 Å². The van der Waals surface area contributed by atoms with Crippen LogP contribution < -0.4 is 5.32 Å². The monoisotopic (exact) mass is 233 g/mol. The lowest BCUT2D eigenvalue weighted by Crippen LogP contribution is -2.26. The third-order valence-corrected chi connectivity index (χ3v) is 3.69. The molecule has 94 valence electrons. The minimum absolute atomic E-state index is 0.510. The zero-order chi connectivity index (χ0) is 12.3. The Hall–Kier alpha value is -1.12. The van der Waals surface area contributed by atoms with Gasteiger partial charge in [0.15, 0.2) is 0 Å². The van der Waals surface area contributed by atoms with E-state index in [1.807, 2.05) is 0 Å². The van der Waals surface area contributed by atoms with Gasteiger partial charge in [0.25, 0.3) is 0 Å². The highest BCUT2D eigenvalue weighted by Gasteiger charge is 2.18. The zero-order valence-corrected chi connectivity index (χ0v) is 11.2. The summed E-state index contributed by atoms with van der Waals surface area (Å²) in [7, 11) is 0. The van der Waals surface area contributed by atoms with Crippen molar-refractivity contribution >= 4 is 5.82 Å². The number of fused-ring (bicyclic) bond motifs is 1. The molecule has 1 N–H and O–H groups in total. The highest BCUT2D eigenvalue weighted by atomic mass is 15.0. The van der Waals surface area contributed by atoms with Crippen LogP contribution in [0.15, 0.2) is 6.33 Å². The fourth-order valence-electron chi connectivity index (χ4n) is 2.56. The van der Waals surface area contributed by atoms with Gasteiger partial charge >= 0.3 is 0 Å². The van der Waals surface area contributed by atoms with Gasteiger partial charge in [-0.1, -0.05) is 20.8 Å². The summed E-state index contributed by atoms with van der Waals surface area (Å²) in [4.78, 5) is 8.85. The predicted molar refractivity (Wildman–Crippen MR) is 71.2 cm³/mol. The van der Waals surface area contributed by atoms with Crippen molar-refractivity contribution in [2.24, 2.45) is 5.92 Å². The second kappa shape index (κ2) is 5.48. The van der Waals surface area contributed by atoms with Crippen molar-refractivity contribution in [1.82, 2.24) is 9.97 Å². The van der Waals surface area contributed by atoms with E-state index < -0.39 is 0 Å². The number of nitrogens with one attached hydrogen (secondary N) is 1. The van der Waals surface area contributed by atoms with Crippen LogP contribution in [0, 0.1) is 5.92 Å². The molecule has 0 saturated carbocycles. The zero-order valence-electron chi connectivity index (χ0n) is 11.2. The molecule has 3 heteroatoms. The maximum absolute atomic E-state index is 4.44. The standard InChI is InChI=1S/C14H23N3/c1-4-12(10(2)3)17-14-11-7-5-6-8-13(11)15-9-16-14/h9-10,12H,4-8H2,1-3H3,(H,15,16,17). The van der Waals surface area contributed by atoms with Gasteiger partial charge in [-0.15, -0.1) is 0 Å². The lowest BCUT2D eigenvalue weighted by atomic mass is 9.95. The molecule has 0 spiro atoms. The van der Waals surface area contributed by atoms with Gasteiger partial charge in [-0.3, -0.25) is 0 Å². The van der Waals surface area contributed by atoms with E-state index in [2.05, 4.69) is 36.1 Å². The van der Waals surface area contributed by atoms with Crippen LogP contribution in [0.25, 0.3) is 0 Å². The largest absolute Gasteiger partial charge is 0.367 e. The lowest BCUT2D eigenvalue weighted by molar-refractivity contribution is 0.508. The normalized spacial score (nSPS) is 16.7. The fraction of sp³-hybridized carbons (Fsp3) is 0.714. The molecule has 0 saturated heterocycles. The molecule has 1 aliphatic carbocycles. The van der Waals surface area contributed by atoms with Gasteiger partial charge in [-0.05, 0) is 38.0 Å². The van der Waals surface area contributed by atoms with Crippen LogP contribution in [-0.4, -0.2) is 16.0 Å². The van der Waals surface area contributed by atoms with Gasteiger partial charge in [0, 0.05) is 17.3 Å². The van der Waals surface area contributed by atoms with E-state index in [0.717, 1.165) is 25.1 Å². The third-order valence-electron chi connectivity index (χ3n) is 3.69. The Labute approximate surface area is 104 Å². The summed E-state index contributed by atoms with van der Waals surface area (Å²) in [5, 5.41) is 3.61. The summed E-state index contributed by atoms with van der Waals surface area (Å²) < 4.78 is 0. The first-order valence-corrected chi connectivity index (χ1v) is 6.81. The Morgan fingerprint density at radius 1 is 1.24 bits per heavy atom. The van der Waals surface area contributed by atoms with Crippen molar-refractivity contribution in [3.63, 3.8) is 0 Å². The van der Waals surface area contributed by atoms with Crippen LogP contribution in [0.1, 0.15) is 51.3 Å². The predicted octanol–water partition coefficient (Wildman–Crippen LogP) is 3.20. The summed E-state index contributed by atoms with van der Waals surface area (Å²) in [5.41, 5.74) is 2.62. The minimum Gasteiger partial charge on any atom is -0.367 e. The van der Waals surface area contributed by atoms with Crippen molar-refractivity contribution in [1.29, 1.82) is 0 Å². The van der Waals surface area contributed by atoms with E-state index in [1.165, 1.54) is 24.1 Å². The summed E-state index contributed by atoms with van der Waals surface area (Å²) in [6.07, 6.45) is 7.63. The quantitative estimate of drug-likeness (QED) is 0.867. The summed E-state index contributed by atoms with van der Waals surface area (Å²) >= 11 is 0. The topological polar surface area (TPSA) is 37.8 Å². The van der Waals surface area contributed by atoms with Crippen molar-refractivity contribution in [3.05, 3.63) is 17.6 Å². The molecule has 17 heavy (non-hydrogen) atoms. The maximum Gasteiger partial charge on any atom is 0.133 e. The summed E-state index contributed by atoms with van der Waals surface area (Å²) in [6, 6.07) is 0.510. The van der Waals surface area contributed by atoms with E-state index in [-0.39, 0.29) is 0 Å². The lowest BCUT2D eigenvalue weighted by Gasteiger charge is -2.24. The SMILES string of the molecule is CCC(Nc1ncnc2c1CCCC2)C(C)C. The molecule has 1 heterocycles. The van der Waals surface area contributed by atoms with Crippen LogP contribution in [0.3, 0.4) is 0 Å². The number of aryl methyl sites for hydroxylation is 1. The molecule has 1 aliphatic rings. The highest BCUT2D eigenvalue weighted by Crippen LogP contribution is 2.25. The van der Waals surface area contributed by atoms with Crippen molar-refractivity contribution in [2.45, 2.75) is 58.9 Å². The molecule has 1 aromatic heterocycles. The molecule has 0 aromatic carbocycles. The Balaban J connectivity index is 2.20. The molecule has 1 aromatic rings. The number of hydrogen-bond donors (Lipinski definition) is 1. The van der Waals surface area contributed by atoms with E-state index >= 15 is 0 Å². The van der Waals surface area contributed by atoms with E-state index in [1.54, 1.807) is 6.33 Å². The minimum atomic E-state index is 0.510. The van der Waals surface area contributed by atoms with Gasteiger partial charge in [0.1, 0.15) is 12.1 Å².